The summed E-state index contributed by atoms with van der Waals surface area (Å²) < 4.78 is 5.48. The summed E-state index contributed by atoms with van der Waals surface area (Å²) in [5.74, 6) is 0.655. The molecule has 0 spiro atoms. The van der Waals surface area contributed by atoms with Gasteiger partial charge >= 0.3 is 0 Å². The molecule has 0 aliphatic rings. The van der Waals surface area contributed by atoms with Crippen molar-refractivity contribution in [3.05, 3.63) is 71.3 Å². The summed E-state index contributed by atoms with van der Waals surface area (Å²) in [6, 6.07) is 17.7. The fraction of sp³-hybridized carbons (Fsp3) is 0.316. The first-order valence-corrected chi connectivity index (χ1v) is 7.39. The number of ether oxygens (including phenoxy) is 1. The van der Waals surface area contributed by atoms with Crippen molar-refractivity contribution >= 4 is 5.78 Å². The fourth-order valence-electron chi connectivity index (χ4n) is 2.22. The molecule has 2 heteroatoms. The molecule has 0 saturated heterocycles. The van der Waals surface area contributed by atoms with E-state index in [1.807, 2.05) is 54.6 Å². The Morgan fingerprint density at radius 3 is 2.24 bits per heavy atom. The van der Waals surface area contributed by atoms with Crippen LogP contribution in [0.1, 0.15) is 35.3 Å². The van der Waals surface area contributed by atoms with Gasteiger partial charge in [0.25, 0.3) is 0 Å². The molecule has 0 heterocycles. The van der Waals surface area contributed by atoms with Gasteiger partial charge in [-0.15, -0.1) is 0 Å². The van der Waals surface area contributed by atoms with E-state index in [2.05, 4.69) is 13.8 Å². The first-order valence-electron chi connectivity index (χ1n) is 7.39. The lowest BCUT2D eigenvalue weighted by Gasteiger charge is -2.07. The highest BCUT2D eigenvalue weighted by atomic mass is 16.5. The standard InChI is InChI=1S/C19H22O2/c1-15(2)12-16-8-10-18(11-9-16)19(20)14-21-13-17-6-4-3-5-7-17/h3-11,15H,12-14H2,1-2H3. The number of hydrogen-bond donors (Lipinski definition) is 0. The lowest BCUT2D eigenvalue weighted by molar-refractivity contribution is 0.0726. The summed E-state index contributed by atoms with van der Waals surface area (Å²) in [5, 5.41) is 0. The Balaban J connectivity index is 1.83. The molecule has 0 amide bonds. The molecule has 0 aliphatic carbocycles. The molecule has 0 atom stereocenters. The van der Waals surface area contributed by atoms with Crippen molar-refractivity contribution in [1.29, 1.82) is 0 Å². The molecule has 0 aromatic heterocycles. The number of benzene rings is 2. The van der Waals surface area contributed by atoms with Crippen LogP contribution in [0.15, 0.2) is 54.6 Å². The summed E-state index contributed by atoms with van der Waals surface area (Å²) in [4.78, 5) is 12.0. The monoisotopic (exact) mass is 282 g/mol. The van der Waals surface area contributed by atoms with E-state index >= 15 is 0 Å². The molecule has 0 radical (unpaired) electrons. The summed E-state index contributed by atoms with van der Waals surface area (Å²) in [6.07, 6.45) is 1.04. The van der Waals surface area contributed by atoms with E-state index < -0.39 is 0 Å². The average molecular weight is 282 g/mol. The quantitative estimate of drug-likeness (QED) is 0.708. The third kappa shape index (κ3) is 5.16. The third-order valence-electron chi connectivity index (χ3n) is 3.26. The maximum absolute atomic E-state index is 12.0. The lowest BCUT2D eigenvalue weighted by atomic mass is 10.0. The van der Waals surface area contributed by atoms with E-state index in [9.17, 15) is 4.79 Å². The largest absolute Gasteiger partial charge is 0.369 e. The smallest absolute Gasteiger partial charge is 0.188 e. The van der Waals surface area contributed by atoms with Gasteiger partial charge in [0.1, 0.15) is 6.61 Å². The summed E-state index contributed by atoms with van der Waals surface area (Å²) in [5.41, 5.74) is 3.07. The minimum absolute atomic E-state index is 0.0297. The summed E-state index contributed by atoms with van der Waals surface area (Å²) in [7, 11) is 0. The Morgan fingerprint density at radius 2 is 1.62 bits per heavy atom. The maximum Gasteiger partial charge on any atom is 0.188 e. The molecule has 2 aromatic rings. The number of carbonyl (C=O) groups excluding carboxylic acids is 1. The van der Waals surface area contributed by atoms with Gasteiger partial charge < -0.3 is 4.74 Å². The SMILES string of the molecule is CC(C)Cc1ccc(C(=O)COCc2ccccc2)cc1. The van der Waals surface area contributed by atoms with Gasteiger partial charge in [-0.05, 0) is 23.5 Å². The average Bonchev–Trinajstić information content (AvgIpc) is 2.48. The van der Waals surface area contributed by atoms with Gasteiger partial charge in [0.15, 0.2) is 5.78 Å². The summed E-state index contributed by atoms with van der Waals surface area (Å²) >= 11 is 0. The predicted molar refractivity (Wildman–Crippen MR) is 85.4 cm³/mol. The molecule has 0 saturated carbocycles. The van der Waals surface area contributed by atoms with Gasteiger partial charge in [0, 0.05) is 5.56 Å². The highest BCUT2D eigenvalue weighted by Crippen LogP contribution is 2.10. The lowest BCUT2D eigenvalue weighted by Crippen LogP contribution is -2.09. The summed E-state index contributed by atoms with van der Waals surface area (Å²) in [6.45, 7) is 4.98. The number of Topliss-reactive ketones (excluding diaryl/α,β-unsaturated/α-hetero) is 1. The topological polar surface area (TPSA) is 26.3 Å². The molecule has 0 aliphatic heterocycles. The first kappa shape index (κ1) is 15.5. The fourth-order valence-corrected chi connectivity index (χ4v) is 2.22. The number of hydrogen-bond acceptors (Lipinski definition) is 2. The van der Waals surface area contributed by atoms with Crippen LogP contribution < -0.4 is 0 Å². The molecule has 110 valence electrons. The van der Waals surface area contributed by atoms with E-state index in [1.54, 1.807) is 0 Å². The van der Waals surface area contributed by atoms with Crippen molar-refractivity contribution in [1.82, 2.24) is 0 Å². The Bertz CT molecular complexity index is 556. The van der Waals surface area contributed by atoms with Gasteiger partial charge in [-0.3, -0.25) is 4.79 Å². The van der Waals surface area contributed by atoms with Crippen LogP contribution in [0, 0.1) is 5.92 Å². The number of rotatable bonds is 7. The van der Waals surface area contributed by atoms with Gasteiger partial charge in [-0.25, -0.2) is 0 Å². The van der Waals surface area contributed by atoms with E-state index in [-0.39, 0.29) is 12.4 Å². The normalized spacial score (nSPS) is 10.8. The van der Waals surface area contributed by atoms with Crippen molar-refractivity contribution in [3.8, 4) is 0 Å². The Kier molecular flexibility index (Phi) is 5.70. The number of carbonyl (C=O) groups is 1. The zero-order chi connectivity index (χ0) is 15.1. The predicted octanol–water partition coefficient (Wildman–Crippen LogP) is 4.28. The molecule has 21 heavy (non-hydrogen) atoms. The van der Waals surface area contributed by atoms with E-state index in [0.717, 1.165) is 17.5 Å². The third-order valence-corrected chi connectivity index (χ3v) is 3.26. The minimum Gasteiger partial charge on any atom is -0.369 e. The Morgan fingerprint density at radius 1 is 0.952 bits per heavy atom. The first-order chi connectivity index (χ1) is 10.1. The van der Waals surface area contributed by atoms with Gasteiger partial charge in [-0.2, -0.15) is 0 Å². The van der Waals surface area contributed by atoms with Crippen LogP contribution in [0.3, 0.4) is 0 Å². The second-order valence-electron chi connectivity index (χ2n) is 5.70. The molecule has 2 nitrogen and oxygen atoms in total. The van der Waals surface area contributed by atoms with Crippen LogP contribution in [-0.4, -0.2) is 12.4 Å². The molecule has 0 fully saturated rings. The second-order valence-corrected chi connectivity index (χ2v) is 5.70. The number of ketones is 1. The zero-order valence-electron chi connectivity index (χ0n) is 12.7. The molecule has 0 bridgehead atoms. The zero-order valence-corrected chi connectivity index (χ0v) is 12.7. The Labute approximate surface area is 126 Å². The van der Waals surface area contributed by atoms with Crippen molar-refractivity contribution in [3.63, 3.8) is 0 Å². The van der Waals surface area contributed by atoms with Crippen molar-refractivity contribution in [2.24, 2.45) is 5.92 Å². The molecule has 2 rings (SSSR count). The van der Waals surface area contributed by atoms with Gasteiger partial charge in [0.05, 0.1) is 6.61 Å². The van der Waals surface area contributed by atoms with E-state index in [0.29, 0.717) is 12.5 Å². The van der Waals surface area contributed by atoms with E-state index in [1.165, 1.54) is 5.56 Å². The van der Waals surface area contributed by atoms with Crippen molar-refractivity contribution < 1.29 is 9.53 Å². The van der Waals surface area contributed by atoms with Gasteiger partial charge in [-0.1, -0.05) is 68.4 Å². The van der Waals surface area contributed by atoms with Crippen LogP contribution in [0.5, 0.6) is 0 Å². The van der Waals surface area contributed by atoms with E-state index in [4.69, 9.17) is 4.74 Å². The van der Waals surface area contributed by atoms with Crippen molar-refractivity contribution in [2.45, 2.75) is 26.9 Å². The van der Waals surface area contributed by atoms with Crippen LogP contribution in [0.4, 0.5) is 0 Å². The minimum atomic E-state index is 0.0297. The molecule has 0 unspecified atom stereocenters. The van der Waals surface area contributed by atoms with Gasteiger partial charge in [0.2, 0.25) is 0 Å². The second kappa shape index (κ2) is 7.75. The Hall–Kier alpha value is -1.93. The molecular formula is C19H22O2. The van der Waals surface area contributed by atoms with Crippen LogP contribution in [0.25, 0.3) is 0 Å². The molecule has 0 N–H and O–H groups in total. The van der Waals surface area contributed by atoms with Crippen LogP contribution in [0.2, 0.25) is 0 Å². The van der Waals surface area contributed by atoms with Crippen LogP contribution >= 0.6 is 0 Å². The maximum atomic E-state index is 12.0. The van der Waals surface area contributed by atoms with Crippen LogP contribution in [-0.2, 0) is 17.8 Å². The molecule has 2 aromatic carbocycles. The van der Waals surface area contributed by atoms with Crippen molar-refractivity contribution in [2.75, 3.05) is 6.61 Å². The molecular weight excluding hydrogens is 260 g/mol. The highest BCUT2D eigenvalue weighted by molar-refractivity contribution is 5.97. The highest BCUT2D eigenvalue weighted by Gasteiger charge is 2.06.